The fourth-order valence-electron chi connectivity index (χ4n) is 2.58. The van der Waals surface area contributed by atoms with Crippen molar-refractivity contribution in [3.8, 4) is 17.0 Å². The van der Waals surface area contributed by atoms with Crippen LogP contribution in [0.15, 0.2) is 35.1 Å². The van der Waals surface area contributed by atoms with Crippen LogP contribution in [0.1, 0.15) is 20.8 Å². The summed E-state index contributed by atoms with van der Waals surface area (Å²) in [4.78, 5) is 17.8. The minimum absolute atomic E-state index is 0.214. The van der Waals surface area contributed by atoms with Gasteiger partial charge in [-0.2, -0.15) is 5.10 Å². The first-order chi connectivity index (χ1) is 13.6. The number of aromatic nitrogens is 3. The number of ether oxygens (including phenoxy) is 2. The second-order valence-corrected chi connectivity index (χ2v) is 8.31. The van der Waals surface area contributed by atoms with E-state index in [4.69, 9.17) is 9.47 Å². The largest absolute Gasteiger partial charge is 0.491 e. The van der Waals surface area contributed by atoms with Gasteiger partial charge >= 0.3 is 6.09 Å². The maximum atomic E-state index is 13.9. The second-order valence-electron chi connectivity index (χ2n) is 7.52. The molecule has 0 saturated heterocycles. The van der Waals surface area contributed by atoms with E-state index in [1.807, 2.05) is 20.8 Å². The molecule has 0 aliphatic carbocycles. The first-order valence-corrected chi connectivity index (χ1v) is 9.80. The molecule has 9 heteroatoms. The summed E-state index contributed by atoms with van der Waals surface area (Å²) in [6.45, 7) is 5.95. The molecule has 0 radical (unpaired) electrons. The molecule has 0 aliphatic heterocycles. The maximum Gasteiger partial charge on any atom is 0.410 e. The number of H-pyrrole nitrogens is 1. The fraction of sp³-hybridized carbons (Fsp3) is 0.350. The van der Waals surface area contributed by atoms with Gasteiger partial charge in [-0.25, -0.2) is 9.18 Å². The third-order valence-electron chi connectivity index (χ3n) is 4.00. The average Bonchev–Trinajstić information content (AvgIpc) is 3.02. The number of hydrogen-bond acceptors (Lipinski definition) is 5. The van der Waals surface area contributed by atoms with Crippen LogP contribution in [0.2, 0.25) is 0 Å². The van der Waals surface area contributed by atoms with Gasteiger partial charge in [0.1, 0.15) is 33.9 Å². The van der Waals surface area contributed by atoms with Gasteiger partial charge in [-0.3, -0.25) is 10.1 Å². The fourth-order valence-corrected chi connectivity index (χ4v) is 2.99. The number of rotatable bonds is 5. The van der Waals surface area contributed by atoms with Crippen molar-refractivity contribution in [1.82, 2.24) is 20.1 Å². The molecular formula is C20H22BrFN4O3. The van der Waals surface area contributed by atoms with Crippen LogP contribution in [0.4, 0.5) is 9.18 Å². The highest BCUT2D eigenvalue weighted by atomic mass is 79.9. The summed E-state index contributed by atoms with van der Waals surface area (Å²) < 4.78 is 25.8. The number of benzene rings is 1. The average molecular weight is 465 g/mol. The SMILES string of the molecule is CN(CCOc1ccc(F)cc1-c1cc2c(Br)[nH]nc2cn1)C(=O)OC(C)(C)C. The van der Waals surface area contributed by atoms with E-state index in [9.17, 15) is 9.18 Å². The Morgan fingerprint density at radius 1 is 1.31 bits per heavy atom. The van der Waals surface area contributed by atoms with Crippen LogP contribution >= 0.6 is 15.9 Å². The van der Waals surface area contributed by atoms with E-state index < -0.39 is 17.5 Å². The van der Waals surface area contributed by atoms with Crippen LogP contribution in [-0.4, -0.2) is 52.0 Å². The van der Waals surface area contributed by atoms with Crippen molar-refractivity contribution in [1.29, 1.82) is 0 Å². The smallest absolute Gasteiger partial charge is 0.410 e. The third-order valence-corrected chi connectivity index (χ3v) is 4.61. The number of nitrogens with one attached hydrogen (secondary N) is 1. The van der Waals surface area contributed by atoms with Crippen molar-refractivity contribution in [3.05, 3.63) is 40.9 Å². The molecule has 3 aromatic rings. The van der Waals surface area contributed by atoms with E-state index in [0.29, 0.717) is 33.7 Å². The van der Waals surface area contributed by atoms with Gasteiger partial charge in [0.25, 0.3) is 0 Å². The summed E-state index contributed by atoms with van der Waals surface area (Å²) in [6.07, 6.45) is 1.18. The molecule has 2 aromatic heterocycles. The molecule has 0 spiro atoms. The number of carbonyl (C=O) groups is 1. The number of carbonyl (C=O) groups excluding carboxylic acids is 1. The van der Waals surface area contributed by atoms with Crippen LogP contribution in [0.3, 0.4) is 0 Å². The number of amides is 1. The first kappa shape index (κ1) is 21.0. The third kappa shape index (κ3) is 5.23. The van der Waals surface area contributed by atoms with Crippen molar-refractivity contribution in [2.45, 2.75) is 26.4 Å². The van der Waals surface area contributed by atoms with E-state index in [1.54, 1.807) is 25.4 Å². The molecule has 29 heavy (non-hydrogen) atoms. The van der Waals surface area contributed by atoms with Crippen molar-refractivity contribution >= 4 is 32.9 Å². The Labute approximate surface area is 176 Å². The Morgan fingerprint density at radius 3 is 2.79 bits per heavy atom. The van der Waals surface area contributed by atoms with Gasteiger partial charge < -0.3 is 14.4 Å². The number of fused-ring (bicyclic) bond motifs is 1. The minimum atomic E-state index is -0.567. The molecule has 154 valence electrons. The van der Waals surface area contributed by atoms with E-state index in [2.05, 4.69) is 31.1 Å². The Bertz CT molecular complexity index is 1030. The molecule has 0 aliphatic rings. The number of halogens is 2. The predicted molar refractivity (Wildman–Crippen MR) is 111 cm³/mol. The number of hydrogen-bond donors (Lipinski definition) is 1. The monoisotopic (exact) mass is 464 g/mol. The summed E-state index contributed by atoms with van der Waals surface area (Å²) >= 11 is 3.40. The van der Waals surface area contributed by atoms with Gasteiger partial charge in [-0.1, -0.05) is 0 Å². The van der Waals surface area contributed by atoms with E-state index in [-0.39, 0.29) is 6.61 Å². The van der Waals surface area contributed by atoms with Gasteiger partial charge in [-0.15, -0.1) is 0 Å². The Kier molecular flexibility index (Phi) is 6.07. The molecule has 7 nitrogen and oxygen atoms in total. The van der Waals surface area contributed by atoms with E-state index in [1.165, 1.54) is 17.0 Å². The highest BCUT2D eigenvalue weighted by molar-refractivity contribution is 9.10. The van der Waals surface area contributed by atoms with Crippen molar-refractivity contribution < 1.29 is 18.7 Å². The summed E-state index contributed by atoms with van der Waals surface area (Å²) in [5.74, 6) is 0.0711. The lowest BCUT2D eigenvalue weighted by atomic mass is 10.1. The van der Waals surface area contributed by atoms with E-state index >= 15 is 0 Å². The topological polar surface area (TPSA) is 80.3 Å². The number of aromatic amines is 1. The molecule has 0 unspecified atom stereocenters. The molecule has 2 heterocycles. The van der Waals surface area contributed by atoms with Crippen LogP contribution in [0.25, 0.3) is 22.2 Å². The zero-order chi connectivity index (χ0) is 21.2. The molecular weight excluding hydrogens is 443 g/mol. The van der Waals surface area contributed by atoms with Crippen LogP contribution < -0.4 is 4.74 Å². The van der Waals surface area contributed by atoms with Gasteiger partial charge in [0.15, 0.2) is 0 Å². The van der Waals surface area contributed by atoms with Crippen molar-refractivity contribution in [2.75, 3.05) is 20.2 Å². The quantitative estimate of drug-likeness (QED) is 0.587. The normalized spacial score (nSPS) is 11.5. The molecule has 1 aromatic carbocycles. The molecule has 0 fully saturated rings. The minimum Gasteiger partial charge on any atom is -0.491 e. The van der Waals surface area contributed by atoms with Crippen LogP contribution in [-0.2, 0) is 4.74 Å². The number of likely N-dealkylation sites (N-methyl/N-ethyl adjacent to an activating group) is 1. The summed E-state index contributed by atoms with van der Waals surface area (Å²) in [6, 6.07) is 6.05. The molecule has 0 saturated carbocycles. The zero-order valence-corrected chi connectivity index (χ0v) is 18.2. The second kappa shape index (κ2) is 8.36. The molecule has 1 amide bonds. The van der Waals surface area contributed by atoms with Crippen molar-refractivity contribution in [3.63, 3.8) is 0 Å². The Balaban J connectivity index is 1.75. The van der Waals surface area contributed by atoms with Gasteiger partial charge in [0.05, 0.1) is 18.4 Å². The molecule has 0 atom stereocenters. The summed E-state index contributed by atoms with van der Waals surface area (Å²) in [5.41, 5.74) is 1.19. The highest BCUT2D eigenvalue weighted by Gasteiger charge is 2.19. The number of nitrogens with zero attached hydrogens (tertiary/aromatic N) is 3. The Hall–Kier alpha value is -2.68. The van der Waals surface area contributed by atoms with E-state index in [0.717, 1.165) is 5.39 Å². The predicted octanol–water partition coefficient (Wildman–Crippen LogP) is 4.77. The van der Waals surface area contributed by atoms with Gasteiger partial charge in [0.2, 0.25) is 0 Å². The van der Waals surface area contributed by atoms with Crippen LogP contribution in [0.5, 0.6) is 5.75 Å². The lowest BCUT2D eigenvalue weighted by Crippen LogP contribution is -2.36. The maximum absolute atomic E-state index is 13.9. The highest BCUT2D eigenvalue weighted by Crippen LogP contribution is 2.32. The molecule has 3 rings (SSSR count). The number of pyridine rings is 1. The van der Waals surface area contributed by atoms with Gasteiger partial charge in [-0.05, 0) is 61.0 Å². The Morgan fingerprint density at radius 2 is 2.07 bits per heavy atom. The van der Waals surface area contributed by atoms with Crippen molar-refractivity contribution in [2.24, 2.45) is 0 Å². The lowest BCUT2D eigenvalue weighted by Gasteiger charge is -2.24. The molecule has 0 bridgehead atoms. The lowest BCUT2D eigenvalue weighted by molar-refractivity contribution is 0.0278. The standard InChI is InChI=1S/C20H22BrFN4O3/c1-20(2,3)29-19(27)26(4)7-8-28-17-6-5-12(22)9-13(17)15-10-14-16(11-23-15)24-25-18(14)21/h5-6,9-11H,7-8H2,1-4H3,(H,24,25). The zero-order valence-electron chi connectivity index (χ0n) is 16.6. The summed E-state index contributed by atoms with van der Waals surface area (Å²) in [5, 5.41) is 7.77. The summed E-state index contributed by atoms with van der Waals surface area (Å²) in [7, 11) is 1.63. The van der Waals surface area contributed by atoms with Crippen LogP contribution in [0, 0.1) is 5.82 Å². The first-order valence-electron chi connectivity index (χ1n) is 9.00. The van der Waals surface area contributed by atoms with Gasteiger partial charge in [0, 0.05) is 18.0 Å². The molecule has 1 N–H and O–H groups in total.